The van der Waals surface area contributed by atoms with Gasteiger partial charge in [-0.2, -0.15) is 0 Å². The van der Waals surface area contributed by atoms with Crippen LogP contribution in [0.15, 0.2) is 17.7 Å². The van der Waals surface area contributed by atoms with Crippen molar-refractivity contribution in [1.82, 2.24) is 0 Å². The minimum atomic E-state index is -0.440. The van der Waals surface area contributed by atoms with Crippen molar-refractivity contribution in [1.29, 1.82) is 0 Å². The second-order valence-corrected chi connectivity index (χ2v) is 5.05. The molecular formula is C15H20O5. The fourth-order valence-electron chi connectivity index (χ4n) is 1.76. The maximum atomic E-state index is 12.0. The first-order valence-corrected chi connectivity index (χ1v) is 6.37. The number of ketones is 1. The Bertz CT molecular complexity index is 544. The molecule has 110 valence electrons. The first-order chi connectivity index (χ1) is 9.29. The highest BCUT2D eigenvalue weighted by Crippen LogP contribution is 2.39. The van der Waals surface area contributed by atoms with Gasteiger partial charge in [-0.25, -0.2) is 0 Å². The smallest absolute Gasteiger partial charge is 0.172 e. The second kappa shape index (κ2) is 6.43. The molecule has 0 spiro atoms. The van der Waals surface area contributed by atoms with Crippen molar-refractivity contribution < 1.29 is 25.2 Å². The summed E-state index contributed by atoms with van der Waals surface area (Å²) in [6.07, 6.45) is 1.79. The zero-order valence-corrected chi connectivity index (χ0v) is 11.8. The minimum Gasteiger partial charge on any atom is -0.507 e. The number of phenolic OH excluding ortho intramolecular Hbond substituents is 3. The third kappa shape index (κ3) is 3.30. The Morgan fingerprint density at radius 2 is 1.85 bits per heavy atom. The van der Waals surface area contributed by atoms with Gasteiger partial charge in [-0.05, 0) is 13.3 Å². The molecule has 0 fully saturated rings. The fourth-order valence-corrected chi connectivity index (χ4v) is 1.76. The standard InChI is InChI=1S/C15H20O5/c1-8(2)14(19)13-12(18)6-11(17)10(15(13)20)5-4-9(3)7-16/h4,6,8,16-18,20H,5,7H2,1-3H3. The van der Waals surface area contributed by atoms with E-state index in [1.165, 1.54) is 0 Å². The lowest BCUT2D eigenvalue weighted by atomic mass is 9.95. The summed E-state index contributed by atoms with van der Waals surface area (Å²) in [5.74, 6) is -1.93. The summed E-state index contributed by atoms with van der Waals surface area (Å²) in [6, 6.07) is 1.05. The lowest BCUT2D eigenvalue weighted by molar-refractivity contribution is 0.0933. The summed E-state index contributed by atoms with van der Waals surface area (Å²) >= 11 is 0. The van der Waals surface area contributed by atoms with Crippen molar-refractivity contribution in [3.8, 4) is 17.2 Å². The monoisotopic (exact) mass is 280 g/mol. The third-order valence-electron chi connectivity index (χ3n) is 3.04. The van der Waals surface area contributed by atoms with E-state index >= 15 is 0 Å². The van der Waals surface area contributed by atoms with Gasteiger partial charge in [0.05, 0.1) is 6.61 Å². The van der Waals surface area contributed by atoms with Crippen molar-refractivity contribution in [2.24, 2.45) is 5.92 Å². The van der Waals surface area contributed by atoms with Crippen LogP contribution in [0.25, 0.3) is 0 Å². The number of carbonyl (C=O) groups excluding carboxylic acids is 1. The van der Waals surface area contributed by atoms with Gasteiger partial charge < -0.3 is 20.4 Å². The molecule has 0 bridgehead atoms. The predicted octanol–water partition coefficient (Wildman–Crippen LogP) is 2.12. The molecule has 1 aromatic rings. The maximum Gasteiger partial charge on any atom is 0.172 e. The van der Waals surface area contributed by atoms with E-state index < -0.39 is 17.3 Å². The van der Waals surface area contributed by atoms with E-state index in [1.54, 1.807) is 26.8 Å². The molecule has 4 N–H and O–H groups in total. The van der Waals surface area contributed by atoms with Gasteiger partial charge in [0, 0.05) is 17.5 Å². The first kappa shape index (κ1) is 16.0. The number of allylic oxidation sites excluding steroid dienone is 1. The van der Waals surface area contributed by atoms with Gasteiger partial charge in [0.15, 0.2) is 5.78 Å². The quantitative estimate of drug-likeness (QED) is 0.489. The van der Waals surface area contributed by atoms with E-state index in [9.17, 15) is 20.1 Å². The molecule has 0 aliphatic carbocycles. The molecule has 0 radical (unpaired) electrons. The van der Waals surface area contributed by atoms with E-state index in [1.807, 2.05) is 0 Å². The highest BCUT2D eigenvalue weighted by molar-refractivity contribution is 6.03. The molecule has 0 saturated carbocycles. The molecule has 0 heterocycles. The zero-order valence-electron chi connectivity index (χ0n) is 11.8. The SMILES string of the molecule is CC(=CCc1c(O)cc(O)c(C(=O)C(C)C)c1O)CO. The van der Waals surface area contributed by atoms with Crippen LogP contribution in [0.3, 0.4) is 0 Å². The average Bonchev–Trinajstić information content (AvgIpc) is 2.37. The Morgan fingerprint density at radius 1 is 1.25 bits per heavy atom. The lowest BCUT2D eigenvalue weighted by Crippen LogP contribution is -2.09. The van der Waals surface area contributed by atoms with Crippen LogP contribution in [-0.4, -0.2) is 32.8 Å². The number of aliphatic hydroxyl groups excluding tert-OH is 1. The second-order valence-electron chi connectivity index (χ2n) is 5.05. The summed E-state index contributed by atoms with van der Waals surface area (Å²) in [5, 5.41) is 38.6. The number of carbonyl (C=O) groups is 1. The Balaban J connectivity index is 3.33. The predicted molar refractivity (Wildman–Crippen MR) is 75.2 cm³/mol. The molecule has 0 aromatic heterocycles. The number of hydrogen-bond acceptors (Lipinski definition) is 5. The van der Waals surface area contributed by atoms with Crippen molar-refractivity contribution in [2.75, 3.05) is 6.61 Å². The third-order valence-corrected chi connectivity index (χ3v) is 3.04. The number of aromatic hydroxyl groups is 3. The molecule has 0 saturated heterocycles. The van der Waals surface area contributed by atoms with Crippen molar-refractivity contribution in [3.05, 3.63) is 28.8 Å². The fraction of sp³-hybridized carbons (Fsp3) is 0.400. The Hall–Kier alpha value is -2.01. The topological polar surface area (TPSA) is 98.0 Å². The Morgan fingerprint density at radius 3 is 2.35 bits per heavy atom. The van der Waals surface area contributed by atoms with Gasteiger partial charge in [0.25, 0.3) is 0 Å². The summed E-state index contributed by atoms with van der Waals surface area (Å²) in [7, 11) is 0. The average molecular weight is 280 g/mol. The molecule has 5 heteroatoms. The molecular weight excluding hydrogens is 260 g/mol. The Labute approximate surface area is 117 Å². The molecule has 0 aliphatic heterocycles. The van der Waals surface area contributed by atoms with E-state index in [4.69, 9.17) is 5.11 Å². The van der Waals surface area contributed by atoms with Crippen molar-refractivity contribution in [2.45, 2.75) is 27.2 Å². The largest absolute Gasteiger partial charge is 0.507 e. The number of rotatable bonds is 5. The molecule has 0 aliphatic rings. The van der Waals surface area contributed by atoms with Crippen LogP contribution < -0.4 is 0 Å². The van der Waals surface area contributed by atoms with Gasteiger partial charge in [-0.15, -0.1) is 0 Å². The van der Waals surface area contributed by atoms with Crippen LogP contribution in [0, 0.1) is 5.92 Å². The van der Waals surface area contributed by atoms with E-state index in [0.717, 1.165) is 6.07 Å². The zero-order chi connectivity index (χ0) is 15.4. The number of benzene rings is 1. The van der Waals surface area contributed by atoms with Gasteiger partial charge in [0.2, 0.25) is 0 Å². The van der Waals surface area contributed by atoms with E-state index in [2.05, 4.69) is 0 Å². The molecule has 0 atom stereocenters. The summed E-state index contributed by atoms with van der Waals surface area (Å²) < 4.78 is 0. The van der Waals surface area contributed by atoms with Crippen LogP contribution in [-0.2, 0) is 6.42 Å². The maximum absolute atomic E-state index is 12.0. The lowest BCUT2D eigenvalue weighted by Gasteiger charge is -2.13. The van der Waals surface area contributed by atoms with Gasteiger partial charge in [0.1, 0.15) is 22.8 Å². The van der Waals surface area contributed by atoms with Crippen LogP contribution in [0.2, 0.25) is 0 Å². The molecule has 0 unspecified atom stereocenters. The highest BCUT2D eigenvalue weighted by Gasteiger charge is 2.23. The number of hydrogen-bond donors (Lipinski definition) is 4. The molecule has 1 aromatic carbocycles. The highest BCUT2D eigenvalue weighted by atomic mass is 16.3. The summed E-state index contributed by atoms with van der Waals surface area (Å²) in [6.45, 7) is 4.89. The Kier molecular flexibility index (Phi) is 5.16. The summed E-state index contributed by atoms with van der Waals surface area (Å²) in [5.41, 5.74) is 0.649. The number of Topliss-reactive ketones (excluding diaryl/α,β-unsaturated/α-hetero) is 1. The van der Waals surface area contributed by atoms with Gasteiger partial charge in [-0.1, -0.05) is 25.5 Å². The van der Waals surface area contributed by atoms with E-state index in [-0.39, 0.29) is 35.8 Å². The molecule has 1 rings (SSSR count). The molecule has 0 amide bonds. The number of aliphatic hydroxyl groups is 1. The molecule has 20 heavy (non-hydrogen) atoms. The van der Waals surface area contributed by atoms with Crippen molar-refractivity contribution in [3.63, 3.8) is 0 Å². The van der Waals surface area contributed by atoms with Gasteiger partial charge in [-0.3, -0.25) is 4.79 Å². The van der Waals surface area contributed by atoms with Crippen molar-refractivity contribution >= 4 is 5.78 Å². The van der Waals surface area contributed by atoms with Crippen LogP contribution >= 0.6 is 0 Å². The normalized spacial score (nSPS) is 11.9. The van der Waals surface area contributed by atoms with Gasteiger partial charge >= 0.3 is 0 Å². The number of phenols is 3. The molecule has 5 nitrogen and oxygen atoms in total. The first-order valence-electron chi connectivity index (χ1n) is 6.37. The summed E-state index contributed by atoms with van der Waals surface area (Å²) in [4.78, 5) is 12.0. The van der Waals surface area contributed by atoms with Crippen LogP contribution in [0.5, 0.6) is 17.2 Å². The minimum absolute atomic E-state index is 0.128. The van der Waals surface area contributed by atoms with Crippen LogP contribution in [0.4, 0.5) is 0 Å². The van der Waals surface area contributed by atoms with Crippen LogP contribution in [0.1, 0.15) is 36.7 Å². The van der Waals surface area contributed by atoms with E-state index in [0.29, 0.717) is 5.57 Å².